The Bertz CT molecular complexity index is 981. The summed E-state index contributed by atoms with van der Waals surface area (Å²) in [6.45, 7) is 9.13. The van der Waals surface area contributed by atoms with Gasteiger partial charge >= 0.3 is 0 Å². The first-order valence-electron chi connectivity index (χ1n) is 9.20. The van der Waals surface area contributed by atoms with E-state index in [0.29, 0.717) is 11.3 Å². The van der Waals surface area contributed by atoms with Gasteiger partial charge < -0.3 is 10.2 Å². The Kier molecular flexibility index (Phi) is 4.79. The van der Waals surface area contributed by atoms with E-state index in [-0.39, 0.29) is 17.1 Å². The fraction of sp³-hybridized carbons (Fsp3) is 0.304. The molecule has 0 saturated carbocycles. The predicted molar refractivity (Wildman–Crippen MR) is 108 cm³/mol. The molecule has 5 nitrogen and oxygen atoms in total. The predicted octanol–water partition coefficient (Wildman–Crippen LogP) is 4.52. The van der Waals surface area contributed by atoms with Crippen LogP contribution in [0.1, 0.15) is 43.5 Å². The maximum Gasteiger partial charge on any atom is 0.294 e. The van der Waals surface area contributed by atoms with Crippen LogP contribution in [-0.4, -0.2) is 21.9 Å². The van der Waals surface area contributed by atoms with Crippen molar-refractivity contribution in [3.05, 3.63) is 70.5 Å². The van der Waals surface area contributed by atoms with Gasteiger partial charge in [-0.05, 0) is 48.7 Å². The molecule has 146 valence electrons. The zero-order valence-corrected chi connectivity index (χ0v) is 16.8. The van der Waals surface area contributed by atoms with Crippen molar-refractivity contribution in [1.82, 2.24) is 0 Å². The molecule has 3 rings (SSSR count). The number of rotatable bonds is 3. The average molecular weight is 379 g/mol. The molecule has 0 aliphatic carbocycles. The minimum absolute atomic E-state index is 0.0864. The number of aliphatic hydroxyl groups is 1. The molecule has 2 aromatic rings. The summed E-state index contributed by atoms with van der Waals surface area (Å²) in [6.07, 6.45) is 0. The normalized spacial score (nSPS) is 17.4. The van der Waals surface area contributed by atoms with E-state index >= 15 is 0 Å². The highest BCUT2D eigenvalue weighted by molar-refractivity contribution is 6.17. The third-order valence-corrected chi connectivity index (χ3v) is 5.18. The van der Waals surface area contributed by atoms with Crippen LogP contribution in [0.5, 0.6) is 5.75 Å². The molecule has 1 heterocycles. The molecule has 0 radical (unpaired) electrons. The van der Waals surface area contributed by atoms with Crippen LogP contribution in [0.15, 0.2) is 53.8 Å². The van der Waals surface area contributed by atoms with Crippen LogP contribution < -0.4 is 4.90 Å². The first-order valence-corrected chi connectivity index (χ1v) is 9.20. The Balaban J connectivity index is 2.25. The van der Waals surface area contributed by atoms with E-state index < -0.39 is 23.1 Å². The number of ketones is 1. The highest BCUT2D eigenvalue weighted by Gasteiger charge is 2.47. The van der Waals surface area contributed by atoms with Gasteiger partial charge in [0.15, 0.2) is 11.5 Å². The second-order valence-corrected chi connectivity index (χ2v) is 8.23. The van der Waals surface area contributed by atoms with Crippen molar-refractivity contribution >= 4 is 17.4 Å². The number of phenolic OH excluding ortho intramolecular Hbond substituents is 1. The summed E-state index contributed by atoms with van der Waals surface area (Å²) in [7, 11) is 0. The van der Waals surface area contributed by atoms with Gasteiger partial charge in [-0.3, -0.25) is 14.5 Å². The lowest BCUT2D eigenvalue weighted by atomic mass is 9.82. The van der Waals surface area contributed by atoms with E-state index in [0.717, 1.165) is 11.1 Å². The Morgan fingerprint density at radius 3 is 2.18 bits per heavy atom. The van der Waals surface area contributed by atoms with E-state index in [9.17, 15) is 19.8 Å². The van der Waals surface area contributed by atoms with Gasteiger partial charge in [0.25, 0.3) is 5.91 Å². The van der Waals surface area contributed by atoms with Crippen molar-refractivity contribution in [3.8, 4) is 5.75 Å². The Hall–Kier alpha value is -3.08. The van der Waals surface area contributed by atoms with Crippen LogP contribution >= 0.6 is 0 Å². The first-order chi connectivity index (χ1) is 13.0. The SMILES string of the molecule is Cc1cccc(N2C(=O)C(O)=C(C(=O)C(C)(C)C)C2c2ccc(O)cc2)c1C. The lowest BCUT2D eigenvalue weighted by Crippen LogP contribution is -2.33. The number of Topliss-reactive ketones (excluding diaryl/α,β-unsaturated/α-hetero) is 1. The van der Waals surface area contributed by atoms with Crippen LogP contribution in [0.25, 0.3) is 0 Å². The van der Waals surface area contributed by atoms with Crippen molar-refractivity contribution in [2.24, 2.45) is 5.41 Å². The van der Waals surface area contributed by atoms with Crippen LogP contribution in [0.4, 0.5) is 5.69 Å². The summed E-state index contributed by atoms with van der Waals surface area (Å²) in [6, 6.07) is 11.2. The van der Waals surface area contributed by atoms with Gasteiger partial charge in [-0.2, -0.15) is 0 Å². The van der Waals surface area contributed by atoms with Gasteiger partial charge in [0.05, 0.1) is 11.6 Å². The zero-order chi connectivity index (χ0) is 20.8. The van der Waals surface area contributed by atoms with Gasteiger partial charge in [0.1, 0.15) is 5.75 Å². The first kappa shape index (κ1) is 19.7. The number of aliphatic hydroxyl groups excluding tert-OH is 1. The standard InChI is InChI=1S/C23H25NO4/c1-13-7-6-8-17(14(13)2)24-19(15-9-11-16(25)12-10-15)18(20(26)22(24)28)21(27)23(3,4)5/h6-12,19,25-26H,1-5H3. The molecule has 0 aromatic heterocycles. The number of hydrogen-bond acceptors (Lipinski definition) is 4. The summed E-state index contributed by atoms with van der Waals surface area (Å²) in [5.74, 6) is -1.31. The number of aryl methyl sites for hydroxylation is 1. The number of hydrogen-bond donors (Lipinski definition) is 2. The van der Waals surface area contributed by atoms with Gasteiger partial charge in [-0.15, -0.1) is 0 Å². The lowest BCUT2D eigenvalue weighted by molar-refractivity contribution is -0.123. The third kappa shape index (κ3) is 3.17. The molecule has 0 saturated heterocycles. The second-order valence-electron chi connectivity index (χ2n) is 8.23. The van der Waals surface area contributed by atoms with Crippen molar-refractivity contribution in [1.29, 1.82) is 0 Å². The zero-order valence-electron chi connectivity index (χ0n) is 16.8. The van der Waals surface area contributed by atoms with Crippen molar-refractivity contribution in [2.45, 2.75) is 40.7 Å². The van der Waals surface area contributed by atoms with Crippen LogP contribution in [0.3, 0.4) is 0 Å². The number of benzene rings is 2. The summed E-state index contributed by atoms with van der Waals surface area (Å²) in [4.78, 5) is 27.7. The molecule has 1 amide bonds. The van der Waals surface area contributed by atoms with Crippen LogP contribution in [-0.2, 0) is 9.59 Å². The fourth-order valence-electron chi connectivity index (χ4n) is 3.46. The highest BCUT2D eigenvalue weighted by Crippen LogP contribution is 2.44. The van der Waals surface area contributed by atoms with Crippen LogP contribution in [0, 0.1) is 19.3 Å². The van der Waals surface area contributed by atoms with Crippen molar-refractivity contribution in [2.75, 3.05) is 4.90 Å². The van der Waals surface area contributed by atoms with Gasteiger partial charge in [0.2, 0.25) is 0 Å². The Morgan fingerprint density at radius 2 is 1.61 bits per heavy atom. The van der Waals surface area contributed by atoms with Crippen LogP contribution in [0.2, 0.25) is 0 Å². The Labute approximate surface area is 164 Å². The minimum Gasteiger partial charge on any atom is -0.508 e. The maximum absolute atomic E-state index is 13.2. The molecule has 2 aromatic carbocycles. The number of aromatic hydroxyl groups is 1. The molecular weight excluding hydrogens is 354 g/mol. The molecule has 0 fully saturated rings. The summed E-state index contributed by atoms with van der Waals surface area (Å²) < 4.78 is 0. The minimum atomic E-state index is -0.767. The van der Waals surface area contributed by atoms with Crippen molar-refractivity contribution in [3.63, 3.8) is 0 Å². The number of nitrogens with zero attached hydrogens (tertiary/aromatic N) is 1. The van der Waals surface area contributed by atoms with Crippen molar-refractivity contribution < 1.29 is 19.8 Å². The highest BCUT2D eigenvalue weighted by atomic mass is 16.3. The summed E-state index contributed by atoms with van der Waals surface area (Å²) >= 11 is 0. The molecule has 0 bridgehead atoms. The average Bonchev–Trinajstić information content (AvgIpc) is 2.88. The quantitative estimate of drug-likeness (QED) is 0.822. The number of carbonyl (C=O) groups is 2. The maximum atomic E-state index is 13.2. The number of phenols is 1. The summed E-state index contributed by atoms with van der Waals surface area (Å²) in [5.41, 5.74) is 2.51. The van der Waals surface area contributed by atoms with E-state index in [4.69, 9.17) is 0 Å². The molecule has 1 aliphatic rings. The molecule has 28 heavy (non-hydrogen) atoms. The topological polar surface area (TPSA) is 77.8 Å². The monoisotopic (exact) mass is 379 g/mol. The molecule has 0 spiro atoms. The van der Waals surface area contributed by atoms with E-state index in [1.165, 1.54) is 17.0 Å². The molecule has 5 heteroatoms. The Morgan fingerprint density at radius 1 is 1.00 bits per heavy atom. The van der Waals surface area contributed by atoms with E-state index in [1.807, 2.05) is 32.0 Å². The third-order valence-electron chi connectivity index (χ3n) is 5.18. The van der Waals surface area contributed by atoms with Gasteiger partial charge in [0, 0.05) is 11.1 Å². The molecule has 1 unspecified atom stereocenters. The second kappa shape index (κ2) is 6.82. The van der Waals surface area contributed by atoms with Gasteiger partial charge in [-0.1, -0.05) is 45.0 Å². The largest absolute Gasteiger partial charge is 0.508 e. The molecule has 1 aliphatic heterocycles. The number of carbonyl (C=O) groups excluding carboxylic acids is 2. The van der Waals surface area contributed by atoms with E-state index in [1.54, 1.807) is 32.9 Å². The molecule has 1 atom stereocenters. The number of amides is 1. The lowest BCUT2D eigenvalue weighted by Gasteiger charge is -2.30. The van der Waals surface area contributed by atoms with Gasteiger partial charge in [-0.25, -0.2) is 0 Å². The molecular formula is C23H25NO4. The smallest absolute Gasteiger partial charge is 0.294 e. The molecule has 2 N–H and O–H groups in total. The van der Waals surface area contributed by atoms with E-state index in [2.05, 4.69) is 0 Å². The fourth-order valence-corrected chi connectivity index (χ4v) is 3.46. The number of anilines is 1. The summed E-state index contributed by atoms with van der Waals surface area (Å²) in [5, 5.41) is 20.4.